The Labute approximate surface area is 86.5 Å². The Balaban J connectivity index is 2.23. The second kappa shape index (κ2) is 4.04. The molecule has 1 aliphatic heterocycles. The molecule has 0 radical (unpaired) electrons. The zero-order chi connectivity index (χ0) is 10.7. The first-order valence-corrected chi connectivity index (χ1v) is 4.59. The lowest BCUT2D eigenvalue weighted by molar-refractivity contribution is -0.113. The van der Waals surface area contributed by atoms with Crippen LogP contribution < -0.4 is 0 Å². The molecule has 0 aromatic heterocycles. The number of carbonyl (C=O) groups is 1. The van der Waals surface area contributed by atoms with Crippen molar-refractivity contribution in [1.82, 2.24) is 0 Å². The third-order valence-electron chi connectivity index (χ3n) is 2.20. The van der Waals surface area contributed by atoms with Crippen LogP contribution >= 0.6 is 0 Å². The fourth-order valence-corrected chi connectivity index (χ4v) is 1.47. The molecule has 0 N–H and O–H groups in total. The predicted molar refractivity (Wildman–Crippen MR) is 55.4 cm³/mol. The molecule has 1 unspecified atom stereocenters. The van der Waals surface area contributed by atoms with Crippen molar-refractivity contribution in [2.75, 3.05) is 0 Å². The summed E-state index contributed by atoms with van der Waals surface area (Å²) < 4.78 is 5.35. The highest BCUT2D eigenvalue weighted by Gasteiger charge is 2.18. The Kier molecular flexibility index (Phi) is 2.58. The SMILES string of the molecule is O=CC1CC=C(c2cccc(N=O)c2)O1. The highest BCUT2D eigenvalue weighted by Crippen LogP contribution is 2.27. The maximum Gasteiger partial charge on any atom is 0.160 e. The van der Waals surface area contributed by atoms with Gasteiger partial charge in [-0.3, -0.25) is 4.79 Å². The van der Waals surface area contributed by atoms with Gasteiger partial charge in [0.05, 0.1) is 0 Å². The fourth-order valence-electron chi connectivity index (χ4n) is 1.47. The normalized spacial score (nSPS) is 19.2. The number of carbonyl (C=O) groups excluding carboxylic acids is 1. The van der Waals surface area contributed by atoms with Crippen LogP contribution in [0.1, 0.15) is 12.0 Å². The van der Waals surface area contributed by atoms with E-state index >= 15 is 0 Å². The van der Waals surface area contributed by atoms with Gasteiger partial charge in [-0.15, -0.1) is 4.91 Å². The van der Waals surface area contributed by atoms with Crippen molar-refractivity contribution in [3.8, 4) is 0 Å². The van der Waals surface area contributed by atoms with Crippen LogP contribution in [0, 0.1) is 4.91 Å². The monoisotopic (exact) mass is 203 g/mol. The molecular weight excluding hydrogens is 194 g/mol. The first-order valence-electron chi connectivity index (χ1n) is 4.59. The van der Waals surface area contributed by atoms with Gasteiger partial charge in [0.1, 0.15) is 11.4 Å². The zero-order valence-electron chi connectivity index (χ0n) is 7.92. The van der Waals surface area contributed by atoms with Crippen molar-refractivity contribution in [3.63, 3.8) is 0 Å². The van der Waals surface area contributed by atoms with Gasteiger partial charge in [0.15, 0.2) is 12.4 Å². The number of hydrogen-bond donors (Lipinski definition) is 0. The Hall–Kier alpha value is -1.97. The fraction of sp³-hybridized carbons (Fsp3) is 0.182. The Morgan fingerprint density at radius 1 is 1.47 bits per heavy atom. The summed E-state index contributed by atoms with van der Waals surface area (Å²) in [5.74, 6) is 0.637. The molecule has 0 bridgehead atoms. The molecule has 0 spiro atoms. The number of nitroso groups, excluding NO2 is 1. The lowest BCUT2D eigenvalue weighted by Gasteiger charge is -2.07. The molecule has 1 aliphatic rings. The lowest BCUT2D eigenvalue weighted by atomic mass is 10.1. The molecule has 4 heteroatoms. The minimum absolute atomic E-state index is 0.353. The average Bonchev–Trinajstić information content (AvgIpc) is 2.78. The van der Waals surface area contributed by atoms with Crippen LogP contribution in [0.3, 0.4) is 0 Å². The van der Waals surface area contributed by atoms with E-state index < -0.39 is 6.10 Å². The Morgan fingerprint density at radius 3 is 3.00 bits per heavy atom. The van der Waals surface area contributed by atoms with Gasteiger partial charge in [0.25, 0.3) is 0 Å². The maximum absolute atomic E-state index is 10.5. The summed E-state index contributed by atoms with van der Waals surface area (Å²) in [5.41, 5.74) is 1.13. The molecular formula is C11H9NO3. The molecule has 4 nitrogen and oxygen atoms in total. The van der Waals surface area contributed by atoms with E-state index in [-0.39, 0.29) is 0 Å². The molecule has 1 atom stereocenters. The number of ether oxygens (including phenoxy) is 1. The smallest absolute Gasteiger partial charge is 0.160 e. The van der Waals surface area contributed by atoms with Crippen LogP contribution in [0.15, 0.2) is 35.5 Å². The quantitative estimate of drug-likeness (QED) is 0.560. The molecule has 0 amide bonds. The van der Waals surface area contributed by atoms with E-state index in [9.17, 15) is 9.70 Å². The molecule has 0 saturated carbocycles. The number of rotatable bonds is 3. The third-order valence-corrected chi connectivity index (χ3v) is 2.20. The zero-order valence-corrected chi connectivity index (χ0v) is 7.92. The molecule has 1 heterocycles. The minimum Gasteiger partial charge on any atom is -0.482 e. The van der Waals surface area contributed by atoms with Crippen molar-refractivity contribution in [2.45, 2.75) is 12.5 Å². The average molecular weight is 203 g/mol. The number of nitrogens with zero attached hydrogens (tertiary/aromatic N) is 1. The van der Waals surface area contributed by atoms with Crippen LogP contribution in [0.2, 0.25) is 0 Å². The topological polar surface area (TPSA) is 55.7 Å². The second-order valence-electron chi connectivity index (χ2n) is 3.24. The van der Waals surface area contributed by atoms with Crippen LogP contribution in [-0.4, -0.2) is 12.4 Å². The summed E-state index contributed by atoms with van der Waals surface area (Å²) in [5, 5.41) is 2.84. The van der Waals surface area contributed by atoms with Crippen molar-refractivity contribution in [2.24, 2.45) is 5.18 Å². The van der Waals surface area contributed by atoms with E-state index in [4.69, 9.17) is 4.74 Å². The number of benzene rings is 1. The summed E-state index contributed by atoms with van der Waals surface area (Å²) >= 11 is 0. The van der Waals surface area contributed by atoms with Gasteiger partial charge in [-0.1, -0.05) is 12.1 Å². The van der Waals surface area contributed by atoms with E-state index in [2.05, 4.69) is 5.18 Å². The summed E-state index contributed by atoms with van der Waals surface area (Å²) in [6, 6.07) is 6.79. The lowest BCUT2D eigenvalue weighted by Crippen LogP contribution is -2.06. The van der Waals surface area contributed by atoms with E-state index in [1.54, 1.807) is 18.2 Å². The summed E-state index contributed by atoms with van der Waals surface area (Å²) in [4.78, 5) is 20.8. The van der Waals surface area contributed by atoms with E-state index in [0.29, 0.717) is 17.9 Å². The van der Waals surface area contributed by atoms with Gasteiger partial charge >= 0.3 is 0 Å². The van der Waals surface area contributed by atoms with Crippen molar-refractivity contribution in [3.05, 3.63) is 40.8 Å². The van der Waals surface area contributed by atoms with Crippen LogP contribution in [0.25, 0.3) is 5.76 Å². The Morgan fingerprint density at radius 2 is 2.33 bits per heavy atom. The molecule has 15 heavy (non-hydrogen) atoms. The van der Waals surface area contributed by atoms with Gasteiger partial charge in [-0.2, -0.15) is 0 Å². The molecule has 1 aromatic carbocycles. The van der Waals surface area contributed by atoms with Crippen molar-refractivity contribution in [1.29, 1.82) is 0 Å². The van der Waals surface area contributed by atoms with Crippen molar-refractivity contribution >= 4 is 17.7 Å². The molecule has 0 fully saturated rings. The van der Waals surface area contributed by atoms with Crippen molar-refractivity contribution < 1.29 is 9.53 Å². The van der Waals surface area contributed by atoms with E-state index in [0.717, 1.165) is 11.8 Å². The Bertz CT molecular complexity index is 426. The molecule has 0 aliphatic carbocycles. The van der Waals surface area contributed by atoms with Crippen LogP contribution in [0.4, 0.5) is 5.69 Å². The second-order valence-corrected chi connectivity index (χ2v) is 3.24. The molecule has 0 saturated heterocycles. The number of aldehydes is 1. The molecule has 2 rings (SSSR count). The third kappa shape index (κ3) is 1.93. The van der Waals surface area contributed by atoms with E-state index in [1.807, 2.05) is 12.1 Å². The van der Waals surface area contributed by atoms with Crippen LogP contribution in [0.5, 0.6) is 0 Å². The largest absolute Gasteiger partial charge is 0.482 e. The highest BCUT2D eigenvalue weighted by atomic mass is 16.5. The summed E-state index contributed by atoms with van der Waals surface area (Å²) in [7, 11) is 0. The standard InChI is InChI=1S/C11H9NO3/c13-7-10-4-5-11(15-10)8-2-1-3-9(6-8)12-14/h1-3,5-7,10H,4H2. The number of hydrogen-bond acceptors (Lipinski definition) is 4. The first-order chi connectivity index (χ1) is 7.33. The van der Waals surface area contributed by atoms with Gasteiger partial charge in [0.2, 0.25) is 0 Å². The predicted octanol–water partition coefficient (Wildman–Crippen LogP) is 2.41. The minimum atomic E-state index is -0.396. The summed E-state index contributed by atoms with van der Waals surface area (Å²) in [6.45, 7) is 0. The van der Waals surface area contributed by atoms with Gasteiger partial charge in [-0.25, -0.2) is 0 Å². The maximum atomic E-state index is 10.5. The molecule has 1 aromatic rings. The van der Waals surface area contributed by atoms with Gasteiger partial charge in [0, 0.05) is 12.0 Å². The van der Waals surface area contributed by atoms with Gasteiger partial charge < -0.3 is 4.74 Å². The highest BCUT2D eigenvalue weighted by molar-refractivity contribution is 5.69. The summed E-state index contributed by atoms with van der Waals surface area (Å²) in [6.07, 6.45) is 2.79. The van der Waals surface area contributed by atoms with Gasteiger partial charge in [-0.05, 0) is 23.4 Å². The first kappa shape index (κ1) is 9.58. The molecule has 76 valence electrons. The van der Waals surface area contributed by atoms with E-state index in [1.165, 1.54) is 0 Å². The van der Waals surface area contributed by atoms with Crippen LogP contribution in [-0.2, 0) is 9.53 Å².